The van der Waals surface area contributed by atoms with Gasteiger partial charge in [0.2, 0.25) is 0 Å². The van der Waals surface area contributed by atoms with E-state index in [4.69, 9.17) is 5.11 Å². The Morgan fingerprint density at radius 2 is 2.50 bits per heavy atom. The third kappa shape index (κ3) is 4.19. The highest BCUT2D eigenvalue weighted by Crippen LogP contribution is 2.00. The van der Waals surface area contributed by atoms with Crippen LogP contribution < -0.4 is 0 Å². The molecule has 1 N–H and O–H groups in total. The first-order valence-electron chi connectivity index (χ1n) is 2.36. The van der Waals surface area contributed by atoms with Crippen LogP contribution in [0.3, 0.4) is 0 Å². The average Bonchev–Trinajstić information content (AvgIpc) is 1.83. The van der Waals surface area contributed by atoms with Crippen molar-refractivity contribution in [1.29, 1.82) is 0 Å². The molecule has 0 fully saturated rings. The van der Waals surface area contributed by atoms with Gasteiger partial charge in [-0.25, -0.2) is 4.57 Å². The zero-order valence-electron chi connectivity index (χ0n) is 4.70. The minimum absolute atomic E-state index is 0.0789. The van der Waals surface area contributed by atoms with E-state index in [0.717, 1.165) is 0 Å². The van der Waals surface area contributed by atoms with Crippen LogP contribution in [0.1, 0.15) is 6.92 Å². The molecule has 0 unspecified atom stereocenters. The zero-order valence-corrected chi connectivity index (χ0v) is 5.60. The third-order valence-electron chi connectivity index (χ3n) is 0.723. The van der Waals surface area contributed by atoms with Crippen LogP contribution in [0, 0.1) is 5.92 Å². The van der Waals surface area contributed by atoms with Crippen LogP contribution in [0.4, 0.5) is 0 Å². The molecule has 0 aromatic heterocycles. The van der Waals surface area contributed by atoms with Crippen LogP contribution in [-0.4, -0.2) is 18.3 Å². The van der Waals surface area contributed by atoms with Gasteiger partial charge >= 0.3 is 8.69 Å². The van der Waals surface area contributed by atoms with Crippen LogP contribution in [0.5, 0.6) is 0 Å². The van der Waals surface area contributed by atoms with E-state index in [1.165, 1.54) is 0 Å². The molecule has 0 bridgehead atoms. The summed E-state index contributed by atoms with van der Waals surface area (Å²) in [5.74, 6) is 0.0800. The van der Waals surface area contributed by atoms with Gasteiger partial charge in [0, 0.05) is 12.5 Å². The lowest BCUT2D eigenvalue weighted by Gasteiger charge is -2.00. The Kier molecular flexibility index (Phi) is 5.18. The van der Waals surface area contributed by atoms with Crippen LogP contribution >= 0.6 is 8.69 Å². The summed E-state index contributed by atoms with van der Waals surface area (Å²) in [4.78, 5) is 0. The fraction of sp³-hybridized carbons (Fsp3) is 1.00. The Balaban J connectivity index is 2.97. The van der Waals surface area contributed by atoms with Crippen molar-refractivity contribution in [2.24, 2.45) is 5.92 Å². The molecule has 48 valence electrons. The second kappa shape index (κ2) is 5.16. The SMILES string of the molecule is C[C@H](CO)COP=O. The fourth-order valence-corrected chi connectivity index (χ4v) is 0.526. The van der Waals surface area contributed by atoms with Crippen molar-refractivity contribution in [3.8, 4) is 0 Å². The minimum Gasteiger partial charge on any atom is -0.396 e. The molecule has 0 amide bonds. The van der Waals surface area contributed by atoms with Crippen LogP contribution in [0.15, 0.2) is 0 Å². The first-order valence-corrected chi connectivity index (χ1v) is 3.09. The van der Waals surface area contributed by atoms with Crippen molar-refractivity contribution in [2.75, 3.05) is 13.2 Å². The Hall–Kier alpha value is 0.0200. The van der Waals surface area contributed by atoms with Crippen molar-refractivity contribution in [2.45, 2.75) is 6.92 Å². The summed E-state index contributed by atoms with van der Waals surface area (Å²) in [6, 6.07) is 0. The standard InChI is InChI=1S/C4H9O3P/c1-4(2-5)3-7-8-6/h4-5H,2-3H2,1H3/t4-/m1/s1. The predicted molar refractivity (Wildman–Crippen MR) is 29.8 cm³/mol. The molecule has 0 saturated carbocycles. The predicted octanol–water partition coefficient (Wildman–Crippen LogP) is 0.838. The first kappa shape index (κ1) is 8.02. The summed E-state index contributed by atoms with van der Waals surface area (Å²) >= 11 is 0. The van der Waals surface area contributed by atoms with Crippen LogP contribution in [0.2, 0.25) is 0 Å². The second-order valence-electron chi connectivity index (χ2n) is 1.66. The van der Waals surface area contributed by atoms with Gasteiger partial charge < -0.3 is 5.11 Å². The molecule has 0 saturated heterocycles. The second-order valence-corrected chi connectivity index (χ2v) is 2.07. The summed E-state index contributed by atoms with van der Waals surface area (Å²) < 4.78 is 14.1. The van der Waals surface area contributed by atoms with Crippen molar-refractivity contribution in [3.05, 3.63) is 0 Å². The molecule has 0 spiro atoms. The fourth-order valence-electron chi connectivity index (χ4n) is 0.210. The Morgan fingerprint density at radius 1 is 1.88 bits per heavy atom. The summed E-state index contributed by atoms with van der Waals surface area (Å²) in [5, 5.41) is 8.38. The number of rotatable bonds is 4. The lowest BCUT2D eigenvalue weighted by molar-refractivity contribution is 0.183. The molecule has 0 radical (unpaired) electrons. The van der Waals surface area contributed by atoms with E-state index in [1.54, 1.807) is 0 Å². The van der Waals surface area contributed by atoms with Gasteiger partial charge in [-0.2, -0.15) is 0 Å². The molecule has 0 aliphatic carbocycles. The van der Waals surface area contributed by atoms with E-state index in [2.05, 4.69) is 4.52 Å². The molecular weight excluding hydrogens is 127 g/mol. The largest absolute Gasteiger partial charge is 0.396 e. The van der Waals surface area contributed by atoms with Crippen LogP contribution in [0.25, 0.3) is 0 Å². The van der Waals surface area contributed by atoms with Crippen molar-refractivity contribution < 1.29 is 14.2 Å². The number of aliphatic hydroxyl groups is 1. The Bertz CT molecular complexity index is 66.3. The monoisotopic (exact) mass is 136 g/mol. The number of hydrogen-bond donors (Lipinski definition) is 1. The highest BCUT2D eigenvalue weighted by Gasteiger charge is 1.97. The highest BCUT2D eigenvalue weighted by molar-refractivity contribution is 7.17. The molecule has 3 nitrogen and oxygen atoms in total. The van der Waals surface area contributed by atoms with Gasteiger partial charge in [-0.05, 0) is 0 Å². The highest BCUT2D eigenvalue weighted by atomic mass is 31.1. The van der Waals surface area contributed by atoms with E-state index in [9.17, 15) is 4.57 Å². The summed E-state index contributed by atoms with van der Waals surface area (Å²) in [6.07, 6.45) is 0. The van der Waals surface area contributed by atoms with Crippen molar-refractivity contribution >= 4 is 8.69 Å². The van der Waals surface area contributed by atoms with Gasteiger partial charge in [-0.3, -0.25) is 4.52 Å². The molecule has 0 rings (SSSR count). The van der Waals surface area contributed by atoms with Gasteiger partial charge in [0.1, 0.15) is 0 Å². The maximum atomic E-state index is 9.62. The normalized spacial score (nSPS) is 14.2. The molecule has 0 aliphatic heterocycles. The van der Waals surface area contributed by atoms with Gasteiger partial charge in [-0.1, -0.05) is 6.92 Å². The van der Waals surface area contributed by atoms with E-state index in [0.29, 0.717) is 6.61 Å². The summed E-state index contributed by atoms with van der Waals surface area (Å²) in [5.41, 5.74) is 0. The average molecular weight is 136 g/mol. The molecule has 0 heterocycles. The third-order valence-corrected chi connectivity index (χ3v) is 0.978. The lowest BCUT2D eigenvalue weighted by atomic mass is 10.2. The molecule has 0 aromatic carbocycles. The molecule has 0 aromatic rings. The first-order chi connectivity index (χ1) is 3.81. The number of aliphatic hydroxyl groups excluding tert-OH is 1. The van der Waals surface area contributed by atoms with E-state index >= 15 is 0 Å². The Labute approximate surface area is 49.9 Å². The molecule has 1 atom stereocenters. The van der Waals surface area contributed by atoms with Gasteiger partial charge in [-0.15, -0.1) is 0 Å². The topological polar surface area (TPSA) is 46.5 Å². The Morgan fingerprint density at radius 3 is 2.88 bits per heavy atom. The summed E-state index contributed by atoms with van der Waals surface area (Å²) in [6.45, 7) is 2.24. The van der Waals surface area contributed by atoms with Crippen molar-refractivity contribution in [1.82, 2.24) is 0 Å². The zero-order chi connectivity index (χ0) is 6.41. The van der Waals surface area contributed by atoms with E-state index in [1.807, 2.05) is 6.92 Å². The maximum absolute atomic E-state index is 9.62. The lowest BCUT2D eigenvalue weighted by Crippen LogP contribution is -2.05. The number of hydrogen-bond acceptors (Lipinski definition) is 3. The smallest absolute Gasteiger partial charge is 0.327 e. The summed E-state index contributed by atoms with van der Waals surface area (Å²) in [7, 11) is -0.312. The van der Waals surface area contributed by atoms with Gasteiger partial charge in [0.25, 0.3) is 0 Å². The van der Waals surface area contributed by atoms with E-state index in [-0.39, 0.29) is 21.2 Å². The van der Waals surface area contributed by atoms with Crippen molar-refractivity contribution in [3.63, 3.8) is 0 Å². The molecule has 0 aliphatic rings. The molecule has 4 heteroatoms. The van der Waals surface area contributed by atoms with E-state index < -0.39 is 0 Å². The molecular formula is C4H9O3P. The van der Waals surface area contributed by atoms with Gasteiger partial charge in [0.15, 0.2) is 0 Å². The van der Waals surface area contributed by atoms with Crippen LogP contribution in [-0.2, 0) is 9.09 Å². The maximum Gasteiger partial charge on any atom is 0.327 e. The minimum atomic E-state index is -0.312. The van der Waals surface area contributed by atoms with Gasteiger partial charge in [0.05, 0.1) is 6.61 Å². The molecule has 8 heavy (non-hydrogen) atoms. The quantitative estimate of drug-likeness (QED) is 0.582.